The molecule has 106 valence electrons. The average Bonchev–Trinajstić information content (AvgIpc) is 2.76. The van der Waals surface area contributed by atoms with Crippen molar-refractivity contribution in [3.8, 4) is 0 Å². The number of nitrogens with one attached hydrogen (secondary N) is 1. The summed E-state index contributed by atoms with van der Waals surface area (Å²) in [5, 5.41) is 0.906. The van der Waals surface area contributed by atoms with Crippen molar-refractivity contribution in [1.82, 2.24) is 4.72 Å². The van der Waals surface area contributed by atoms with Crippen LogP contribution < -0.4 is 4.72 Å². The van der Waals surface area contributed by atoms with E-state index >= 15 is 0 Å². The zero-order valence-electron chi connectivity index (χ0n) is 10.9. The van der Waals surface area contributed by atoms with Crippen LogP contribution in [0.4, 0.5) is 0 Å². The number of sulfonamides is 1. The van der Waals surface area contributed by atoms with Crippen LogP contribution in [0.2, 0.25) is 0 Å². The van der Waals surface area contributed by atoms with E-state index in [-0.39, 0.29) is 6.04 Å². The molecule has 2 fully saturated rings. The molecule has 0 aromatic carbocycles. The molecule has 0 saturated heterocycles. The monoisotopic (exact) mass is 337 g/mol. The highest BCUT2D eigenvalue weighted by atomic mass is 79.9. The quantitative estimate of drug-likeness (QED) is 0.783. The second-order valence-electron chi connectivity index (χ2n) is 5.86. The van der Waals surface area contributed by atoms with Crippen molar-refractivity contribution in [1.29, 1.82) is 0 Å². The fourth-order valence-electron chi connectivity index (χ4n) is 3.32. The first kappa shape index (κ1) is 14.8. The van der Waals surface area contributed by atoms with Crippen molar-refractivity contribution in [3.05, 3.63) is 0 Å². The van der Waals surface area contributed by atoms with Crippen LogP contribution in [-0.2, 0) is 10.0 Å². The minimum atomic E-state index is -3.08. The smallest absolute Gasteiger partial charge is 0.212 e. The summed E-state index contributed by atoms with van der Waals surface area (Å²) in [7, 11) is -3.08. The van der Waals surface area contributed by atoms with E-state index in [0.29, 0.717) is 17.6 Å². The second-order valence-corrected chi connectivity index (χ2v) is 8.30. The summed E-state index contributed by atoms with van der Waals surface area (Å²) in [6.45, 7) is 0. The largest absolute Gasteiger partial charge is 0.212 e. The highest BCUT2D eigenvalue weighted by Gasteiger charge is 2.31. The van der Waals surface area contributed by atoms with Gasteiger partial charge in [-0.25, -0.2) is 13.1 Å². The van der Waals surface area contributed by atoms with E-state index in [9.17, 15) is 8.42 Å². The molecule has 0 amide bonds. The maximum atomic E-state index is 12.2. The first-order valence-electron chi connectivity index (χ1n) is 7.16. The Hall–Kier alpha value is 0.390. The van der Waals surface area contributed by atoms with E-state index in [1.807, 2.05) is 0 Å². The molecule has 0 aromatic rings. The van der Waals surface area contributed by atoms with Crippen LogP contribution >= 0.6 is 15.9 Å². The third kappa shape index (κ3) is 4.20. The van der Waals surface area contributed by atoms with Gasteiger partial charge in [-0.2, -0.15) is 0 Å². The zero-order chi connectivity index (χ0) is 13.0. The molecule has 0 heterocycles. The third-order valence-corrected chi connectivity index (χ3v) is 6.77. The molecule has 2 atom stereocenters. The van der Waals surface area contributed by atoms with Crippen molar-refractivity contribution in [2.75, 3.05) is 11.1 Å². The predicted molar refractivity (Wildman–Crippen MR) is 78.4 cm³/mol. The van der Waals surface area contributed by atoms with Crippen molar-refractivity contribution < 1.29 is 8.42 Å². The molecule has 2 rings (SSSR count). The van der Waals surface area contributed by atoms with Crippen molar-refractivity contribution in [2.24, 2.45) is 11.8 Å². The lowest BCUT2D eigenvalue weighted by molar-refractivity contribution is 0.381. The van der Waals surface area contributed by atoms with Gasteiger partial charge in [0, 0.05) is 11.4 Å². The van der Waals surface area contributed by atoms with Crippen molar-refractivity contribution >= 4 is 26.0 Å². The molecule has 0 aromatic heterocycles. The van der Waals surface area contributed by atoms with Crippen LogP contribution in [0.15, 0.2) is 0 Å². The van der Waals surface area contributed by atoms with Gasteiger partial charge in [0.05, 0.1) is 5.75 Å². The Morgan fingerprint density at radius 1 is 1.00 bits per heavy atom. The van der Waals surface area contributed by atoms with Gasteiger partial charge < -0.3 is 0 Å². The predicted octanol–water partition coefficient (Wildman–Crippen LogP) is 3.05. The Balaban J connectivity index is 1.86. The maximum Gasteiger partial charge on any atom is 0.212 e. The number of rotatable bonds is 5. The molecular weight excluding hydrogens is 314 g/mol. The first-order valence-corrected chi connectivity index (χ1v) is 9.94. The molecule has 2 unspecified atom stereocenters. The van der Waals surface area contributed by atoms with Crippen LogP contribution in [0.25, 0.3) is 0 Å². The van der Waals surface area contributed by atoms with Crippen LogP contribution in [0, 0.1) is 11.8 Å². The molecule has 3 nitrogen and oxygen atoms in total. The first-order chi connectivity index (χ1) is 8.61. The summed E-state index contributed by atoms with van der Waals surface area (Å²) < 4.78 is 27.3. The lowest BCUT2D eigenvalue weighted by Gasteiger charge is -2.24. The highest BCUT2D eigenvalue weighted by molar-refractivity contribution is 9.09. The van der Waals surface area contributed by atoms with Crippen LogP contribution in [0.1, 0.15) is 51.4 Å². The number of halogens is 1. The summed E-state index contributed by atoms with van der Waals surface area (Å²) in [5.41, 5.74) is 0. The molecule has 2 aliphatic carbocycles. The summed E-state index contributed by atoms with van der Waals surface area (Å²) in [4.78, 5) is 0. The van der Waals surface area contributed by atoms with Crippen LogP contribution in [0.3, 0.4) is 0 Å². The summed E-state index contributed by atoms with van der Waals surface area (Å²) in [5.74, 6) is 1.21. The van der Waals surface area contributed by atoms with Crippen LogP contribution in [-0.4, -0.2) is 25.5 Å². The Kier molecular flexibility index (Phi) is 5.51. The Bertz CT molecular complexity index is 352. The lowest BCUT2D eigenvalue weighted by Crippen LogP contribution is -2.40. The Morgan fingerprint density at radius 2 is 1.72 bits per heavy atom. The second kappa shape index (κ2) is 6.71. The maximum absolute atomic E-state index is 12.2. The van der Waals surface area contributed by atoms with Gasteiger partial charge in [0.2, 0.25) is 10.0 Å². The van der Waals surface area contributed by atoms with Gasteiger partial charge in [0.1, 0.15) is 0 Å². The molecule has 0 aliphatic heterocycles. The number of hydrogen-bond acceptors (Lipinski definition) is 2. The van der Waals surface area contributed by atoms with E-state index in [2.05, 4.69) is 20.7 Å². The van der Waals surface area contributed by atoms with E-state index in [4.69, 9.17) is 0 Å². The van der Waals surface area contributed by atoms with Gasteiger partial charge in [-0.1, -0.05) is 41.6 Å². The van der Waals surface area contributed by atoms with Crippen LogP contribution in [0.5, 0.6) is 0 Å². The van der Waals surface area contributed by atoms with Crippen molar-refractivity contribution in [2.45, 2.75) is 57.4 Å². The summed E-state index contributed by atoms with van der Waals surface area (Å²) >= 11 is 3.49. The molecule has 5 heteroatoms. The van der Waals surface area contributed by atoms with Gasteiger partial charge in [0.15, 0.2) is 0 Å². The minimum absolute atomic E-state index is 0.165. The average molecular weight is 338 g/mol. The fourth-order valence-corrected chi connectivity index (χ4v) is 5.92. The van der Waals surface area contributed by atoms with Gasteiger partial charge in [-0.15, -0.1) is 0 Å². The van der Waals surface area contributed by atoms with E-state index in [1.54, 1.807) is 0 Å². The molecule has 0 spiro atoms. The van der Waals surface area contributed by atoms with Gasteiger partial charge >= 0.3 is 0 Å². The number of alkyl halides is 1. The minimum Gasteiger partial charge on any atom is -0.212 e. The van der Waals surface area contributed by atoms with E-state index < -0.39 is 10.0 Å². The third-order valence-electron chi connectivity index (χ3n) is 4.37. The number of hydrogen-bond donors (Lipinski definition) is 1. The molecule has 2 saturated carbocycles. The standard InChI is InChI=1S/C13H24BrNO2S/c14-9-12-7-4-8-13(12)15-18(16,17)10-11-5-2-1-3-6-11/h11-13,15H,1-10H2. The van der Waals surface area contributed by atoms with Gasteiger partial charge in [0.25, 0.3) is 0 Å². The van der Waals surface area contributed by atoms with E-state index in [1.165, 1.54) is 19.3 Å². The lowest BCUT2D eigenvalue weighted by atomic mass is 9.91. The molecule has 1 N–H and O–H groups in total. The van der Waals surface area contributed by atoms with E-state index in [0.717, 1.165) is 37.4 Å². The SMILES string of the molecule is O=S(=O)(CC1CCCCC1)NC1CCCC1CBr. The van der Waals surface area contributed by atoms with Gasteiger partial charge in [-0.3, -0.25) is 0 Å². The molecular formula is C13H24BrNO2S. The molecule has 0 radical (unpaired) electrons. The van der Waals surface area contributed by atoms with Crippen molar-refractivity contribution in [3.63, 3.8) is 0 Å². The topological polar surface area (TPSA) is 46.2 Å². The van der Waals surface area contributed by atoms with Gasteiger partial charge in [-0.05, 0) is 37.5 Å². The summed E-state index contributed by atoms with van der Waals surface area (Å²) in [6, 6.07) is 0.165. The summed E-state index contributed by atoms with van der Waals surface area (Å²) in [6.07, 6.45) is 9.15. The molecule has 0 bridgehead atoms. The fraction of sp³-hybridized carbons (Fsp3) is 1.00. The molecule has 18 heavy (non-hydrogen) atoms. The zero-order valence-corrected chi connectivity index (χ0v) is 13.3. The normalized spacial score (nSPS) is 30.7. The Labute approximate surface area is 119 Å². The highest BCUT2D eigenvalue weighted by Crippen LogP contribution is 2.29. The molecule has 2 aliphatic rings. The Morgan fingerprint density at radius 3 is 2.39 bits per heavy atom.